The van der Waals surface area contributed by atoms with Crippen LogP contribution in [0.25, 0.3) is 0 Å². The Morgan fingerprint density at radius 2 is 1.85 bits per heavy atom. The van der Waals surface area contributed by atoms with E-state index in [9.17, 15) is 39.6 Å². The number of hydrogen-bond donors (Lipinski definition) is 0. The summed E-state index contributed by atoms with van der Waals surface area (Å²) in [4.78, 5) is 16.5. The fourth-order valence-corrected chi connectivity index (χ4v) is 5.16. The molecule has 8 nitrogen and oxygen atoms in total. The average Bonchev–Trinajstić information content (AvgIpc) is 3.45. The lowest BCUT2D eigenvalue weighted by Crippen LogP contribution is -2.26. The summed E-state index contributed by atoms with van der Waals surface area (Å²) in [5, 5.41) is 0.222. The minimum atomic E-state index is -5.91. The van der Waals surface area contributed by atoms with Crippen molar-refractivity contribution in [1.29, 1.82) is 0 Å². The monoisotopic (exact) mass is 595 g/mol. The molecule has 39 heavy (non-hydrogen) atoms. The number of allylic oxidation sites excluding steroid dienone is 2. The number of hydrogen-bond acceptors (Lipinski definition) is 8. The number of carbonyl (C=O) groups is 1. The van der Waals surface area contributed by atoms with E-state index >= 15 is 0 Å². The highest BCUT2D eigenvalue weighted by Gasteiger charge is 2.49. The molecule has 2 aromatic rings. The van der Waals surface area contributed by atoms with Crippen molar-refractivity contribution in [2.75, 3.05) is 7.11 Å². The van der Waals surface area contributed by atoms with E-state index < -0.39 is 45.2 Å². The molecule has 1 aliphatic carbocycles. The number of aliphatic imine (C=N–C) groups is 1. The summed E-state index contributed by atoms with van der Waals surface area (Å²) >= 11 is 0.807. The van der Waals surface area contributed by atoms with Crippen molar-refractivity contribution in [2.24, 2.45) is 4.99 Å². The van der Waals surface area contributed by atoms with E-state index in [4.69, 9.17) is 9.47 Å². The molecule has 1 atom stereocenters. The van der Waals surface area contributed by atoms with Crippen molar-refractivity contribution >= 4 is 44.5 Å². The van der Waals surface area contributed by atoms with Crippen LogP contribution < -0.4 is 4.74 Å². The molecule has 0 spiro atoms. The number of ether oxygens (including phenoxy) is 2. The van der Waals surface area contributed by atoms with Gasteiger partial charge in [-0.05, 0) is 24.1 Å². The van der Waals surface area contributed by atoms with Crippen LogP contribution in [0, 0.1) is 0 Å². The normalized spacial score (nSPS) is 16.4. The number of halogens is 6. The zero-order valence-corrected chi connectivity index (χ0v) is 21.5. The zero-order chi connectivity index (χ0) is 28.8. The molecule has 0 saturated heterocycles. The quantitative estimate of drug-likeness (QED) is 0.131. The number of alkyl halides is 6. The van der Waals surface area contributed by atoms with Crippen molar-refractivity contribution in [2.45, 2.75) is 31.1 Å². The highest BCUT2D eigenvalue weighted by Crippen LogP contribution is 2.41. The molecular weight excluding hydrogens is 578 g/mol. The van der Waals surface area contributed by atoms with Crippen LogP contribution in [-0.4, -0.2) is 43.6 Å². The van der Waals surface area contributed by atoms with E-state index in [2.05, 4.69) is 9.18 Å². The summed E-state index contributed by atoms with van der Waals surface area (Å²) in [7, 11) is -4.82. The Morgan fingerprint density at radius 1 is 1.15 bits per heavy atom. The van der Waals surface area contributed by atoms with Crippen LogP contribution in [0.2, 0.25) is 0 Å². The van der Waals surface area contributed by atoms with Crippen molar-refractivity contribution in [1.82, 2.24) is 0 Å². The minimum Gasteiger partial charge on any atom is -0.484 e. The van der Waals surface area contributed by atoms with Crippen molar-refractivity contribution in [3.05, 3.63) is 69.9 Å². The molecule has 16 heteroatoms. The Hall–Kier alpha value is -3.66. The van der Waals surface area contributed by atoms with Crippen LogP contribution in [0.1, 0.15) is 40.2 Å². The number of nitrogens with zero attached hydrogens (tertiary/aromatic N) is 2. The van der Waals surface area contributed by atoms with E-state index in [0.717, 1.165) is 30.6 Å². The Balaban J connectivity index is 1.72. The first kappa shape index (κ1) is 28.4. The predicted octanol–water partition coefficient (Wildman–Crippen LogP) is 5.86. The smallest absolute Gasteiger partial charge is 0.484 e. The molecule has 4 rings (SSSR count). The molecule has 2 aliphatic rings. The number of benzene rings is 1. The first-order chi connectivity index (χ1) is 18.1. The third-order valence-corrected chi connectivity index (χ3v) is 7.53. The van der Waals surface area contributed by atoms with Gasteiger partial charge >= 0.3 is 27.8 Å². The zero-order valence-electron chi connectivity index (χ0n) is 19.8. The van der Waals surface area contributed by atoms with Crippen LogP contribution in [0.3, 0.4) is 0 Å². The SMILES string of the molecule is COC(=O)c1sc([N+]2=C3C=C(OS(=O)(=O)C(F)(F)F)CC=C3N=C2)cc1O[C@H](C)c1ccccc1C(F)(F)F. The molecule has 0 unspecified atom stereocenters. The van der Waals surface area contributed by atoms with Gasteiger partial charge in [0, 0.05) is 24.1 Å². The predicted molar refractivity (Wildman–Crippen MR) is 126 cm³/mol. The number of rotatable bonds is 7. The summed E-state index contributed by atoms with van der Waals surface area (Å²) in [5.74, 6) is -1.50. The number of carbonyl (C=O) groups excluding carboxylic acids is 1. The maximum Gasteiger partial charge on any atom is 0.534 e. The van der Waals surface area contributed by atoms with Gasteiger partial charge in [0.15, 0.2) is 15.6 Å². The first-order valence-electron chi connectivity index (χ1n) is 10.8. The van der Waals surface area contributed by atoms with Crippen LogP contribution in [0.15, 0.2) is 58.9 Å². The summed E-state index contributed by atoms with van der Waals surface area (Å²) in [6, 6.07) is 6.09. The minimum absolute atomic E-state index is 0.105. The Kier molecular flexibility index (Phi) is 7.37. The largest absolute Gasteiger partial charge is 0.534 e. The summed E-state index contributed by atoms with van der Waals surface area (Å²) in [5.41, 5.74) is -6.31. The van der Waals surface area contributed by atoms with E-state index in [1.165, 1.54) is 48.2 Å². The lowest BCUT2D eigenvalue weighted by atomic mass is 10.0. The molecule has 0 bridgehead atoms. The number of esters is 1. The standard InChI is InChI=1S/C23H17F6N2O6S2/c1-12(14-5-3-4-6-15(14)22(24,25)26)36-18-10-19(38-20(18)21(32)35-2)31-11-30-16-8-7-13(9-17(16)31)37-39(33,34)23(27,28)29/h3-6,8-12H,7H2,1-2H3/q+1/t12-/m1/s1. The molecule has 2 heterocycles. The first-order valence-corrected chi connectivity index (χ1v) is 13.0. The molecule has 0 N–H and O–H groups in total. The highest BCUT2D eigenvalue weighted by molar-refractivity contribution is 7.87. The Bertz CT molecular complexity index is 1550. The molecule has 0 fully saturated rings. The van der Waals surface area contributed by atoms with Gasteiger partial charge in [0.25, 0.3) is 6.34 Å². The van der Waals surface area contributed by atoms with Crippen LogP contribution >= 0.6 is 11.3 Å². The van der Waals surface area contributed by atoms with Gasteiger partial charge in [-0.2, -0.15) is 39.3 Å². The highest BCUT2D eigenvalue weighted by atomic mass is 32.2. The van der Waals surface area contributed by atoms with Gasteiger partial charge < -0.3 is 13.7 Å². The molecular formula is C23H17F6N2O6S2+. The Morgan fingerprint density at radius 3 is 2.49 bits per heavy atom. The molecule has 1 aliphatic heterocycles. The van der Waals surface area contributed by atoms with Crippen LogP contribution in [0.4, 0.5) is 31.3 Å². The molecule has 1 aromatic heterocycles. The van der Waals surface area contributed by atoms with E-state index in [1.54, 1.807) is 0 Å². The Labute approximate surface area is 221 Å². The molecule has 0 saturated carbocycles. The summed E-state index contributed by atoms with van der Waals surface area (Å²) in [6.45, 7) is 1.37. The molecule has 208 valence electrons. The summed E-state index contributed by atoms with van der Waals surface area (Å²) < 4.78 is 118. The lowest BCUT2D eigenvalue weighted by molar-refractivity contribution is -0.284. The van der Waals surface area contributed by atoms with Crippen molar-refractivity contribution in [3.8, 4) is 5.75 Å². The van der Waals surface area contributed by atoms with Gasteiger partial charge in [-0.1, -0.05) is 29.5 Å². The van der Waals surface area contributed by atoms with Gasteiger partial charge in [0.1, 0.15) is 17.6 Å². The van der Waals surface area contributed by atoms with Crippen LogP contribution in [0.5, 0.6) is 5.75 Å². The van der Waals surface area contributed by atoms with E-state index in [0.29, 0.717) is 0 Å². The molecule has 1 aromatic carbocycles. The second-order valence-corrected chi connectivity index (χ2v) is 10.6. The topological polar surface area (TPSA) is 94.3 Å². The number of thiophene rings is 1. The van der Waals surface area contributed by atoms with E-state index in [-0.39, 0.29) is 39.0 Å². The summed E-state index contributed by atoms with van der Waals surface area (Å²) in [6.07, 6.45) is -2.45. The second-order valence-electron chi connectivity index (χ2n) is 8.00. The average molecular weight is 596 g/mol. The molecule has 0 radical (unpaired) electrons. The fourth-order valence-electron chi connectivity index (χ4n) is 3.67. The maximum atomic E-state index is 13.5. The number of methoxy groups -OCH3 is 1. The third kappa shape index (κ3) is 5.71. The second kappa shape index (κ2) is 10.1. The van der Waals surface area contributed by atoms with E-state index in [1.807, 2.05) is 0 Å². The van der Waals surface area contributed by atoms with Crippen molar-refractivity contribution < 1.29 is 57.8 Å². The van der Waals surface area contributed by atoms with Gasteiger partial charge in [-0.3, -0.25) is 0 Å². The fraction of sp³-hybridized carbons (Fsp3) is 0.261. The third-order valence-electron chi connectivity index (χ3n) is 5.43. The van der Waals surface area contributed by atoms with Gasteiger partial charge in [-0.15, -0.1) is 0 Å². The lowest BCUT2D eigenvalue weighted by Gasteiger charge is -2.19. The van der Waals surface area contributed by atoms with Gasteiger partial charge in [-0.25, -0.2) is 4.79 Å². The van der Waals surface area contributed by atoms with Gasteiger partial charge in [0.05, 0.1) is 12.7 Å². The molecule has 0 amide bonds. The maximum absolute atomic E-state index is 13.5. The number of fused-ring (bicyclic) bond motifs is 1. The van der Waals surface area contributed by atoms with Gasteiger partial charge in [0.2, 0.25) is 5.70 Å². The van der Waals surface area contributed by atoms with Crippen molar-refractivity contribution in [3.63, 3.8) is 0 Å². The van der Waals surface area contributed by atoms with Crippen LogP contribution in [-0.2, 0) is 25.2 Å².